The molecule has 6 nitrogen and oxygen atoms in total. The van der Waals surface area contributed by atoms with E-state index in [1.807, 2.05) is 0 Å². The monoisotopic (exact) mass is 779 g/mol. The maximum absolute atomic E-state index is 12.7. The molecule has 0 amide bonds. The largest absolute Gasteiger partial charge is 0.462 e. The van der Waals surface area contributed by atoms with Gasteiger partial charge < -0.3 is 14.2 Å². The Morgan fingerprint density at radius 1 is 0.382 bits per heavy atom. The Bertz CT molecular complexity index is 841. The predicted octanol–water partition coefficient (Wildman–Crippen LogP) is 15.4. The molecule has 0 rings (SSSR count). The highest BCUT2D eigenvalue weighted by Crippen LogP contribution is 2.17. The van der Waals surface area contributed by atoms with Crippen LogP contribution in [0.5, 0.6) is 0 Å². The topological polar surface area (TPSA) is 78.9 Å². The molecule has 0 heterocycles. The zero-order chi connectivity index (χ0) is 40.5. The summed E-state index contributed by atoms with van der Waals surface area (Å²) in [6.45, 7) is 11.3. The zero-order valence-electron chi connectivity index (χ0n) is 37.6. The van der Waals surface area contributed by atoms with Gasteiger partial charge in [-0.3, -0.25) is 14.4 Å². The van der Waals surface area contributed by atoms with Crippen LogP contribution in [-0.2, 0) is 28.6 Å². The van der Waals surface area contributed by atoms with Gasteiger partial charge in [0.2, 0.25) is 0 Å². The zero-order valence-corrected chi connectivity index (χ0v) is 37.6. The Morgan fingerprint density at radius 3 is 1.04 bits per heavy atom. The number of ether oxygens (including phenoxy) is 3. The molecule has 0 aliphatic carbocycles. The average Bonchev–Trinajstić information content (AvgIpc) is 3.17. The first-order valence-electron chi connectivity index (χ1n) is 24.3. The number of carbonyl (C=O) groups is 3. The van der Waals surface area contributed by atoms with Gasteiger partial charge in [-0.25, -0.2) is 0 Å². The van der Waals surface area contributed by atoms with Gasteiger partial charge in [-0.1, -0.05) is 227 Å². The van der Waals surface area contributed by atoms with E-state index in [0.717, 1.165) is 69.6 Å². The van der Waals surface area contributed by atoms with Gasteiger partial charge in [-0.15, -0.1) is 0 Å². The molecule has 2 atom stereocenters. The minimum atomic E-state index is -0.761. The van der Waals surface area contributed by atoms with Crippen LogP contribution in [0.1, 0.15) is 266 Å². The molecular formula is C49H94O6. The molecule has 0 aromatic carbocycles. The molecule has 55 heavy (non-hydrogen) atoms. The molecule has 0 radical (unpaired) electrons. The van der Waals surface area contributed by atoms with Crippen molar-refractivity contribution in [3.05, 3.63) is 0 Å². The van der Waals surface area contributed by atoms with Crippen molar-refractivity contribution in [1.82, 2.24) is 0 Å². The van der Waals surface area contributed by atoms with E-state index in [-0.39, 0.29) is 31.1 Å². The number of esters is 3. The second-order valence-corrected chi connectivity index (χ2v) is 17.5. The molecule has 1 unspecified atom stereocenters. The SMILES string of the molecule is CCCCCCCCCCCCCCC(=O)OC[C@H](COC(=O)CCCCCCCCC(C)CC)OC(=O)CCCCCCCCCCCCCCC(C)C. The third-order valence-corrected chi connectivity index (χ3v) is 11.3. The lowest BCUT2D eigenvalue weighted by Gasteiger charge is -2.18. The summed E-state index contributed by atoms with van der Waals surface area (Å²) in [6.07, 6.45) is 40.8. The fourth-order valence-corrected chi connectivity index (χ4v) is 7.25. The van der Waals surface area contributed by atoms with E-state index in [1.165, 1.54) is 154 Å². The molecule has 0 aliphatic rings. The first kappa shape index (κ1) is 53.4. The Hall–Kier alpha value is -1.59. The highest BCUT2D eigenvalue weighted by atomic mass is 16.6. The minimum Gasteiger partial charge on any atom is -0.462 e. The van der Waals surface area contributed by atoms with Crippen LogP contribution in [0.2, 0.25) is 0 Å². The Labute approximate surface area is 342 Å². The highest BCUT2D eigenvalue weighted by molar-refractivity contribution is 5.71. The average molecular weight is 779 g/mol. The molecule has 0 aromatic heterocycles. The summed E-state index contributed by atoms with van der Waals surface area (Å²) >= 11 is 0. The minimum absolute atomic E-state index is 0.0648. The first-order valence-corrected chi connectivity index (χ1v) is 24.3. The first-order chi connectivity index (χ1) is 26.8. The number of hydrogen-bond acceptors (Lipinski definition) is 6. The summed E-state index contributed by atoms with van der Waals surface area (Å²) in [5, 5.41) is 0. The summed E-state index contributed by atoms with van der Waals surface area (Å²) < 4.78 is 16.7. The van der Waals surface area contributed by atoms with E-state index in [9.17, 15) is 14.4 Å². The van der Waals surface area contributed by atoms with E-state index in [0.29, 0.717) is 19.3 Å². The van der Waals surface area contributed by atoms with E-state index in [2.05, 4.69) is 34.6 Å². The van der Waals surface area contributed by atoms with Crippen LogP contribution in [0.25, 0.3) is 0 Å². The molecular weight excluding hydrogens is 685 g/mol. The number of unbranched alkanes of at least 4 members (excludes halogenated alkanes) is 27. The highest BCUT2D eigenvalue weighted by Gasteiger charge is 2.19. The summed E-state index contributed by atoms with van der Waals surface area (Å²) in [4.78, 5) is 37.8. The van der Waals surface area contributed by atoms with Crippen molar-refractivity contribution in [3.63, 3.8) is 0 Å². The fourth-order valence-electron chi connectivity index (χ4n) is 7.25. The van der Waals surface area contributed by atoms with Crippen LogP contribution < -0.4 is 0 Å². The smallest absolute Gasteiger partial charge is 0.306 e. The molecule has 326 valence electrons. The van der Waals surface area contributed by atoms with Crippen molar-refractivity contribution in [3.8, 4) is 0 Å². The Kier molecular flexibility index (Phi) is 40.8. The quantitative estimate of drug-likeness (QED) is 0.0348. The Balaban J connectivity index is 4.32. The van der Waals surface area contributed by atoms with Gasteiger partial charge in [0, 0.05) is 19.3 Å². The molecule has 0 aliphatic heterocycles. The second kappa shape index (κ2) is 42.0. The van der Waals surface area contributed by atoms with Gasteiger partial charge in [0.25, 0.3) is 0 Å². The third kappa shape index (κ3) is 41.9. The van der Waals surface area contributed by atoms with E-state index in [1.54, 1.807) is 0 Å². The summed E-state index contributed by atoms with van der Waals surface area (Å²) in [6, 6.07) is 0. The van der Waals surface area contributed by atoms with Crippen LogP contribution in [0, 0.1) is 11.8 Å². The van der Waals surface area contributed by atoms with Gasteiger partial charge in [0.1, 0.15) is 13.2 Å². The van der Waals surface area contributed by atoms with E-state index >= 15 is 0 Å². The van der Waals surface area contributed by atoms with Gasteiger partial charge >= 0.3 is 17.9 Å². The molecule has 0 N–H and O–H groups in total. The maximum atomic E-state index is 12.7. The van der Waals surface area contributed by atoms with E-state index < -0.39 is 6.10 Å². The lowest BCUT2D eigenvalue weighted by molar-refractivity contribution is -0.167. The lowest BCUT2D eigenvalue weighted by Crippen LogP contribution is -2.30. The third-order valence-electron chi connectivity index (χ3n) is 11.3. The molecule has 6 heteroatoms. The summed E-state index contributed by atoms with van der Waals surface area (Å²) in [5.74, 6) is 0.791. The molecule has 0 saturated carbocycles. The standard InChI is InChI=1S/C49H94O6/c1-6-8-9-10-11-12-13-17-20-23-29-34-39-47(50)53-42-46(43-54-48(51)40-35-30-26-25-28-33-38-45(5)7-2)55-49(52)41-36-31-24-21-18-15-14-16-19-22-27-32-37-44(3)4/h44-46H,6-43H2,1-5H3/t45?,46-/m1/s1. The van der Waals surface area contributed by atoms with Gasteiger partial charge in [-0.05, 0) is 31.1 Å². The molecule has 0 spiro atoms. The summed E-state index contributed by atoms with van der Waals surface area (Å²) in [7, 11) is 0. The second-order valence-electron chi connectivity index (χ2n) is 17.5. The van der Waals surface area contributed by atoms with Crippen LogP contribution in [0.3, 0.4) is 0 Å². The normalized spacial score (nSPS) is 12.5. The number of rotatable bonds is 43. The van der Waals surface area contributed by atoms with Crippen LogP contribution in [0.15, 0.2) is 0 Å². The number of carbonyl (C=O) groups excluding carboxylic acids is 3. The van der Waals surface area contributed by atoms with Crippen LogP contribution in [0.4, 0.5) is 0 Å². The summed E-state index contributed by atoms with van der Waals surface area (Å²) in [5.41, 5.74) is 0. The fraction of sp³-hybridized carbons (Fsp3) is 0.939. The maximum Gasteiger partial charge on any atom is 0.306 e. The molecule has 0 aromatic rings. The van der Waals surface area contributed by atoms with Crippen LogP contribution in [-0.4, -0.2) is 37.2 Å². The van der Waals surface area contributed by atoms with Crippen molar-refractivity contribution in [1.29, 1.82) is 0 Å². The van der Waals surface area contributed by atoms with Gasteiger partial charge in [0.15, 0.2) is 6.10 Å². The van der Waals surface area contributed by atoms with Crippen molar-refractivity contribution >= 4 is 17.9 Å². The molecule has 0 saturated heterocycles. The van der Waals surface area contributed by atoms with Gasteiger partial charge in [-0.2, -0.15) is 0 Å². The Morgan fingerprint density at radius 2 is 0.691 bits per heavy atom. The number of hydrogen-bond donors (Lipinski definition) is 0. The van der Waals surface area contributed by atoms with Crippen molar-refractivity contribution in [2.24, 2.45) is 11.8 Å². The molecule has 0 bridgehead atoms. The van der Waals surface area contributed by atoms with Gasteiger partial charge in [0.05, 0.1) is 0 Å². The van der Waals surface area contributed by atoms with E-state index in [4.69, 9.17) is 14.2 Å². The predicted molar refractivity (Wildman–Crippen MR) is 233 cm³/mol. The van der Waals surface area contributed by atoms with Crippen molar-refractivity contribution in [2.75, 3.05) is 13.2 Å². The molecule has 0 fully saturated rings. The van der Waals surface area contributed by atoms with Crippen LogP contribution >= 0.6 is 0 Å². The van der Waals surface area contributed by atoms with Crippen molar-refractivity contribution < 1.29 is 28.6 Å². The van der Waals surface area contributed by atoms with Crippen molar-refractivity contribution in [2.45, 2.75) is 272 Å². The lowest BCUT2D eigenvalue weighted by atomic mass is 10.00.